The fourth-order valence-electron chi connectivity index (χ4n) is 12.1. The first-order valence-corrected chi connectivity index (χ1v) is 19.6. The number of fused-ring (bicyclic) bond motifs is 5. The first-order valence-electron chi connectivity index (χ1n) is 18.1. The lowest BCUT2D eigenvalue weighted by Crippen LogP contribution is -2.56. The molecule has 5 nitrogen and oxygen atoms in total. The van der Waals surface area contributed by atoms with Gasteiger partial charge in [-0.15, -0.1) is 0 Å². The topological polar surface area (TPSA) is 83.8 Å². The molecule has 0 spiro atoms. The largest absolute Gasteiger partial charge is 0.390 e. The van der Waals surface area contributed by atoms with Crippen LogP contribution < -0.4 is 0 Å². The summed E-state index contributed by atoms with van der Waals surface area (Å²) in [5.74, 6) is 2.98. The predicted molar refractivity (Wildman–Crippen MR) is 176 cm³/mol. The fourth-order valence-corrected chi connectivity index (χ4v) is 14.2. The molecule has 1 aromatic carbocycles. The number of benzene rings is 1. The summed E-state index contributed by atoms with van der Waals surface area (Å²) in [6, 6.07) is 9.02. The van der Waals surface area contributed by atoms with Gasteiger partial charge in [-0.05, 0) is 162 Å². The monoisotopic (exact) mass is 628 g/mol. The molecule has 0 bridgehead atoms. The lowest BCUT2D eigenvalue weighted by Gasteiger charge is -2.62. The van der Waals surface area contributed by atoms with Crippen molar-refractivity contribution in [3.05, 3.63) is 30.3 Å². The van der Waals surface area contributed by atoms with E-state index in [4.69, 9.17) is 4.74 Å². The third kappa shape index (κ3) is 5.75. The van der Waals surface area contributed by atoms with Gasteiger partial charge in [0.05, 0.1) is 27.5 Å². The Morgan fingerprint density at radius 3 is 2.20 bits per heavy atom. The summed E-state index contributed by atoms with van der Waals surface area (Å²) in [6.45, 7) is 12.0. The summed E-state index contributed by atoms with van der Waals surface area (Å²) >= 11 is 0. The van der Waals surface area contributed by atoms with Crippen LogP contribution in [0.5, 0.6) is 0 Å². The zero-order valence-corrected chi connectivity index (χ0v) is 29.0. The van der Waals surface area contributed by atoms with E-state index in [0.717, 1.165) is 44.4 Å². The maximum absolute atomic E-state index is 14.5. The number of hydrogen-bond acceptors (Lipinski definition) is 5. The minimum atomic E-state index is -3.64. The average Bonchev–Trinajstić information content (AvgIpc) is 3.35. The van der Waals surface area contributed by atoms with Gasteiger partial charge < -0.3 is 14.9 Å². The van der Waals surface area contributed by atoms with Crippen molar-refractivity contribution in [2.75, 3.05) is 6.61 Å². The van der Waals surface area contributed by atoms with Crippen molar-refractivity contribution in [1.82, 2.24) is 0 Å². The minimum absolute atomic E-state index is 0.0305. The predicted octanol–water partition coefficient (Wildman–Crippen LogP) is 7.98. The number of hydrogen-bond donors (Lipinski definition) is 2. The smallest absolute Gasteiger partial charge is 0.181 e. The van der Waals surface area contributed by atoms with Crippen LogP contribution in [0.25, 0.3) is 0 Å². The Balaban J connectivity index is 1.26. The number of sulfone groups is 1. The summed E-state index contributed by atoms with van der Waals surface area (Å²) in [4.78, 5) is 0.395. The SMILES string of the molecule is CCOC1CCC(O)(CC([C@@H](C)[C@H]2CC[C@H]3[C@@H]4CC[C@H]5C[C@@](C)(O)CC[C@]5(C)[C@H]4CC[C@]23C)S(=O)(=O)c2ccccc2)CC1. The molecule has 1 aromatic rings. The first kappa shape index (κ1) is 33.0. The molecule has 248 valence electrons. The lowest BCUT2D eigenvalue weighted by atomic mass is 9.43. The van der Waals surface area contributed by atoms with E-state index in [1.54, 1.807) is 12.1 Å². The second-order valence-electron chi connectivity index (χ2n) is 16.9. The van der Waals surface area contributed by atoms with Gasteiger partial charge in [0.2, 0.25) is 0 Å². The molecule has 0 aromatic heterocycles. The van der Waals surface area contributed by atoms with Gasteiger partial charge >= 0.3 is 0 Å². The number of rotatable bonds is 8. The highest BCUT2D eigenvalue weighted by Crippen LogP contribution is 2.69. The van der Waals surface area contributed by atoms with Gasteiger partial charge in [0.1, 0.15) is 0 Å². The van der Waals surface area contributed by atoms with E-state index in [0.29, 0.717) is 59.9 Å². The lowest BCUT2D eigenvalue weighted by molar-refractivity contribution is -0.148. The molecule has 0 saturated heterocycles. The summed E-state index contributed by atoms with van der Waals surface area (Å²) in [5, 5.41) is 22.2. The normalized spacial score (nSPS) is 45.5. The Labute approximate surface area is 267 Å². The molecular formula is C38H60O5S. The second-order valence-corrected chi connectivity index (χ2v) is 19.1. The van der Waals surface area contributed by atoms with Gasteiger partial charge in [-0.1, -0.05) is 39.0 Å². The first-order chi connectivity index (χ1) is 20.7. The zero-order valence-electron chi connectivity index (χ0n) is 28.1. The van der Waals surface area contributed by atoms with Gasteiger partial charge in [0.15, 0.2) is 9.84 Å². The molecule has 0 amide bonds. The molecule has 5 saturated carbocycles. The molecule has 1 unspecified atom stereocenters. The highest BCUT2D eigenvalue weighted by Gasteiger charge is 2.62. The highest BCUT2D eigenvalue weighted by molar-refractivity contribution is 7.92. The molecule has 0 radical (unpaired) electrons. The van der Waals surface area contributed by atoms with Crippen LogP contribution >= 0.6 is 0 Å². The van der Waals surface area contributed by atoms with E-state index in [2.05, 4.69) is 20.8 Å². The fraction of sp³-hybridized carbons (Fsp3) is 0.842. The zero-order chi connectivity index (χ0) is 31.5. The maximum Gasteiger partial charge on any atom is 0.181 e. The third-order valence-corrected chi connectivity index (χ3v) is 16.9. The number of ether oxygens (including phenoxy) is 1. The van der Waals surface area contributed by atoms with Gasteiger partial charge in [0, 0.05) is 6.61 Å². The summed E-state index contributed by atoms with van der Waals surface area (Å²) < 4.78 is 34.9. The Hall–Kier alpha value is -0.950. The van der Waals surface area contributed by atoms with Crippen LogP contribution in [-0.4, -0.2) is 47.8 Å². The second kappa shape index (κ2) is 11.9. The molecule has 2 N–H and O–H groups in total. The van der Waals surface area contributed by atoms with Crippen molar-refractivity contribution in [2.24, 2.45) is 46.3 Å². The average molecular weight is 629 g/mol. The van der Waals surface area contributed by atoms with Crippen LogP contribution in [0.1, 0.15) is 125 Å². The van der Waals surface area contributed by atoms with Gasteiger partial charge in [-0.3, -0.25) is 0 Å². The summed E-state index contributed by atoms with van der Waals surface area (Å²) in [6.07, 6.45) is 13.4. The maximum atomic E-state index is 14.5. The molecule has 5 aliphatic carbocycles. The standard InChI is InChI=1S/C38H60O5S/c1-6-43-28-16-20-38(40,21-17-28)25-34(44(41,42)29-10-8-7-9-11-29)26(2)31-14-15-32-30-13-12-27-24-35(3,39)22-23-36(27,4)33(30)18-19-37(31,32)5/h7-11,26-28,30-34,39-40H,6,12-25H2,1-5H3/t26-,27-,28?,30-,31+,32-,33-,34?,35-,36-,37+,38?/m0/s1. The molecule has 6 heteroatoms. The Morgan fingerprint density at radius 1 is 0.841 bits per heavy atom. The van der Waals surface area contributed by atoms with Crippen molar-refractivity contribution >= 4 is 9.84 Å². The molecule has 0 aliphatic heterocycles. The van der Waals surface area contributed by atoms with E-state index < -0.39 is 26.3 Å². The Kier molecular flexibility index (Phi) is 8.94. The summed E-state index contributed by atoms with van der Waals surface area (Å²) in [5.41, 5.74) is -1.04. The van der Waals surface area contributed by atoms with E-state index in [-0.39, 0.29) is 17.4 Å². The van der Waals surface area contributed by atoms with Crippen molar-refractivity contribution in [2.45, 2.75) is 152 Å². The van der Waals surface area contributed by atoms with Crippen LogP contribution in [0.4, 0.5) is 0 Å². The Morgan fingerprint density at radius 2 is 1.52 bits per heavy atom. The van der Waals surface area contributed by atoms with Crippen LogP contribution in [0.15, 0.2) is 35.2 Å². The minimum Gasteiger partial charge on any atom is -0.390 e. The van der Waals surface area contributed by atoms with Crippen molar-refractivity contribution in [1.29, 1.82) is 0 Å². The van der Waals surface area contributed by atoms with Crippen LogP contribution in [0, 0.1) is 46.3 Å². The quantitative estimate of drug-likeness (QED) is 0.305. The third-order valence-electron chi connectivity index (χ3n) is 14.6. The van der Waals surface area contributed by atoms with Gasteiger partial charge in [0.25, 0.3) is 0 Å². The van der Waals surface area contributed by atoms with E-state index >= 15 is 0 Å². The van der Waals surface area contributed by atoms with E-state index in [9.17, 15) is 18.6 Å². The molecule has 0 heterocycles. The van der Waals surface area contributed by atoms with Crippen LogP contribution in [0.3, 0.4) is 0 Å². The molecule has 5 fully saturated rings. The van der Waals surface area contributed by atoms with Gasteiger partial charge in [-0.2, -0.15) is 0 Å². The van der Waals surface area contributed by atoms with E-state index in [1.807, 2.05) is 32.0 Å². The van der Waals surface area contributed by atoms with E-state index in [1.165, 1.54) is 32.1 Å². The molecule has 6 rings (SSSR count). The van der Waals surface area contributed by atoms with Crippen molar-refractivity contribution < 1.29 is 23.4 Å². The van der Waals surface area contributed by atoms with Gasteiger partial charge in [-0.25, -0.2) is 8.42 Å². The van der Waals surface area contributed by atoms with Crippen LogP contribution in [-0.2, 0) is 14.6 Å². The molecule has 5 aliphatic rings. The summed E-state index contributed by atoms with van der Waals surface area (Å²) in [7, 11) is -3.64. The molecule has 10 atom stereocenters. The highest BCUT2D eigenvalue weighted by atomic mass is 32.2. The van der Waals surface area contributed by atoms with Crippen molar-refractivity contribution in [3.63, 3.8) is 0 Å². The Bertz CT molecular complexity index is 1250. The number of aliphatic hydroxyl groups is 2. The van der Waals surface area contributed by atoms with Crippen molar-refractivity contribution in [3.8, 4) is 0 Å². The molecular weight excluding hydrogens is 568 g/mol. The van der Waals surface area contributed by atoms with Crippen LogP contribution in [0.2, 0.25) is 0 Å². The molecule has 44 heavy (non-hydrogen) atoms.